The lowest BCUT2D eigenvalue weighted by Crippen LogP contribution is -2.58. The third-order valence-electron chi connectivity index (χ3n) is 12.7. The highest BCUT2D eigenvalue weighted by molar-refractivity contribution is 5.94. The molecule has 0 aromatic heterocycles. The number of benzene rings is 1. The molecule has 0 heterocycles. The molecule has 1 aromatic carbocycles. The molecule has 9 nitrogen and oxygen atoms in total. The van der Waals surface area contributed by atoms with Gasteiger partial charge in [-0.2, -0.15) is 0 Å². The lowest BCUT2D eigenvalue weighted by Gasteiger charge is -2.62. The summed E-state index contributed by atoms with van der Waals surface area (Å²) >= 11 is 0. The van der Waals surface area contributed by atoms with E-state index >= 15 is 0 Å². The van der Waals surface area contributed by atoms with E-state index in [-0.39, 0.29) is 71.8 Å². The van der Waals surface area contributed by atoms with Gasteiger partial charge in [0.05, 0.1) is 24.1 Å². The first kappa shape index (κ1) is 31.5. The lowest BCUT2D eigenvalue weighted by atomic mass is 9.43. The van der Waals surface area contributed by atoms with Gasteiger partial charge in [-0.3, -0.25) is 19.7 Å². The molecule has 0 radical (unpaired) electrons. The summed E-state index contributed by atoms with van der Waals surface area (Å²) in [5, 5.41) is 25.9. The second kappa shape index (κ2) is 13.1. The Morgan fingerprint density at radius 3 is 2.64 bits per heavy atom. The van der Waals surface area contributed by atoms with Gasteiger partial charge in [0.2, 0.25) is 0 Å². The Morgan fingerprint density at radius 1 is 1.16 bits per heavy atom. The van der Waals surface area contributed by atoms with Gasteiger partial charge in [0.25, 0.3) is 11.6 Å². The summed E-state index contributed by atoms with van der Waals surface area (Å²) in [5.74, 6) is 1.79. The van der Waals surface area contributed by atoms with E-state index in [1.165, 1.54) is 18.2 Å². The van der Waals surface area contributed by atoms with Gasteiger partial charge in [0.1, 0.15) is 6.61 Å². The van der Waals surface area contributed by atoms with Crippen LogP contribution in [-0.4, -0.2) is 47.7 Å². The zero-order chi connectivity index (χ0) is 32.5. The van der Waals surface area contributed by atoms with Crippen molar-refractivity contribution in [2.24, 2.45) is 46.3 Å². The standard InChI is InChI=1S/C35H52N2O7/c1-6-36-33(40)22-8-9-23(29(17-22)37(41)42)20-44-31(39)12-7-21(2)26-10-11-27-32-28(14-16-35(26,27)4)34(3)15-13-25(43-5)18-24(34)19-30(32)38/h8-9,17,21,24-28,30,32,38H,6-7,10-16,18-20H2,1-5H3,(H,36,40)/t21-,24-,25+,26?,27?,28?,30?,32?,34-,35+/m0/s1/i5D. The van der Waals surface area contributed by atoms with E-state index in [1.807, 2.05) is 0 Å². The zero-order valence-corrected chi connectivity index (χ0v) is 26.9. The number of nitrogens with one attached hydrogen (secondary N) is 1. The Morgan fingerprint density at radius 2 is 1.91 bits per heavy atom. The fraction of sp³-hybridized carbons (Fsp3) is 0.771. The Hall–Kier alpha value is -2.52. The SMILES string of the molecule is [2H]CO[C@@H]1CC[C@]2(C)C3CC[C@@]4(C)C(CCC4[C@@H](C)CCC(=O)OCc4ccc(C(=O)NCC)cc4[N+](=O)[O-])C3C(O)C[C@@H]2C1. The molecule has 10 atom stereocenters. The first-order chi connectivity index (χ1) is 21.4. The minimum Gasteiger partial charge on any atom is -0.461 e. The van der Waals surface area contributed by atoms with Crippen molar-refractivity contribution in [2.45, 2.75) is 111 Å². The van der Waals surface area contributed by atoms with E-state index < -0.39 is 4.92 Å². The number of aliphatic hydroxyl groups is 1. The van der Waals surface area contributed by atoms with E-state index in [1.54, 1.807) is 6.92 Å². The van der Waals surface area contributed by atoms with Crippen molar-refractivity contribution in [3.05, 3.63) is 39.4 Å². The molecule has 2 N–H and O–H groups in total. The van der Waals surface area contributed by atoms with Crippen molar-refractivity contribution in [3.8, 4) is 0 Å². The zero-order valence-electron chi connectivity index (χ0n) is 27.9. The van der Waals surface area contributed by atoms with Gasteiger partial charge in [0, 0.05) is 31.7 Å². The van der Waals surface area contributed by atoms with E-state index in [2.05, 4.69) is 26.1 Å². The van der Waals surface area contributed by atoms with Gasteiger partial charge in [-0.25, -0.2) is 0 Å². The van der Waals surface area contributed by atoms with Gasteiger partial charge < -0.3 is 19.9 Å². The van der Waals surface area contributed by atoms with Crippen LogP contribution in [0, 0.1) is 56.5 Å². The van der Waals surface area contributed by atoms with Crippen LogP contribution in [-0.2, 0) is 20.9 Å². The van der Waals surface area contributed by atoms with Crippen LogP contribution in [0.3, 0.4) is 0 Å². The summed E-state index contributed by atoms with van der Waals surface area (Å²) in [6.07, 6.45) is 9.23. The van der Waals surface area contributed by atoms with E-state index in [4.69, 9.17) is 10.8 Å². The molecule has 1 aromatic rings. The van der Waals surface area contributed by atoms with Gasteiger partial charge in [0.15, 0.2) is 0 Å². The van der Waals surface area contributed by atoms with Crippen LogP contribution in [0.2, 0.25) is 0 Å². The van der Waals surface area contributed by atoms with Crippen LogP contribution in [0.4, 0.5) is 5.69 Å². The van der Waals surface area contributed by atoms with Gasteiger partial charge in [-0.15, -0.1) is 0 Å². The second-order valence-electron chi connectivity index (χ2n) is 14.7. The number of methoxy groups -OCH3 is 1. The van der Waals surface area contributed by atoms with E-state index in [9.17, 15) is 24.8 Å². The monoisotopic (exact) mass is 613 g/mol. The number of rotatable bonds is 10. The first-order valence-corrected chi connectivity index (χ1v) is 16.7. The number of carbonyl (C=O) groups is 2. The number of hydrogen-bond acceptors (Lipinski definition) is 7. The number of carbonyl (C=O) groups excluding carboxylic acids is 2. The summed E-state index contributed by atoms with van der Waals surface area (Å²) in [6, 6.07) is 4.22. The molecular formula is C35H52N2O7. The average molecular weight is 614 g/mol. The molecule has 244 valence electrons. The summed E-state index contributed by atoms with van der Waals surface area (Å²) in [7, 11) is 0.0111. The third-order valence-corrected chi connectivity index (χ3v) is 12.7. The second-order valence-corrected chi connectivity index (χ2v) is 14.7. The average Bonchev–Trinajstić information content (AvgIpc) is 3.36. The fourth-order valence-electron chi connectivity index (χ4n) is 10.3. The first-order valence-electron chi connectivity index (χ1n) is 17.4. The molecular weight excluding hydrogens is 560 g/mol. The summed E-state index contributed by atoms with van der Waals surface area (Å²) in [4.78, 5) is 36.0. The Balaban J connectivity index is 1.17. The van der Waals surface area contributed by atoms with Gasteiger partial charge in [-0.1, -0.05) is 20.8 Å². The maximum atomic E-state index is 12.8. The minimum absolute atomic E-state index is 0.0111. The highest BCUT2D eigenvalue weighted by Gasteiger charge is 2.62. The number of nitro benzene ring substituents is 1. The topological polar surface area (TPSA) is 128 Å². The highest BCUT2D eigenvalue weighted by Crippen LogP contribution is 2.68. The Bertz CT molecular complexity index is 1260. The van der Waals surface area contributed by atoms with Crippen LogP contribution in [0.1, 0.15) is 109 Å². The molecule has 4 saturated carbocycles. The molecule has 0 bridgehead atoms. The van der Waals surface area contributed by atoms with Crippen LogP contribution in [0.25, 0.3) is 0 Å². The van der Waals surface area contributed by atoms with Crippen molar-refractivity contribution in [1.29, 1.82) is 0 Å². The van der Waals surface area contributed by atoms with E-state index in [0.29, 0.717) is 48.5 Å². The largest absolute Gasteiger partial charge is 0.461 e. The molecule has 0 aliphatic heterocycles. The number of aliphatic hydroxyl groups excluding tert-OH is 1. The van der Waals surface area contributed by atoms with Crippen molar-refractivity contribution >= 4 is 17.6 Å². The van der Waals surface area contributed by atoms with Crippen LogP contribution < -0.4 is 5.32 Å². The molecule has 4 aliphatic rings. The number of esters is 1. The molecule has 0 saturated heterocycles. The number of nitro groups is 1. The Kier molecular flexibility index (Phi) is 9.35. The van der Waals surface area contributed by atoms with Crippen LogP contribution in [0.15, 0.2) is 18.2 Å². The minimum atomic E-state index is -0.553. The van der Waals surface area contributed by atoms with Gasteiger partial charge >= 0.3 is 5.97 Å². The summed E-state index contributed by atoms with van der Waals surface area (Å²) in [6.45, 7) is 9.12. The number of amides is 1. The normalized spacial score (nSPS) is 37.1. The van der Waals surface area contributed by atoms with Crippen LogP contribution in [0.5, 0.6) is 0 Å². The molecule has 4 fully saturated rings. The third kappa shape index (κ3) is 6.03. The summed E-state index contributed by atoms with van der Waals surface area (Å²) < 4.78 is 18.7. The van der Waals surface area contributed by atoms with Crippen molar-refractivity contribution in [3.63, 3.8) is 0 Å². The Labute approximate surface area is 263 Å². The molecule has 9 heteroatoms. The lowest BCUT2D eigenvalue weighted by molar-refractivity contribution is -0.385. The highest BCUT2D eigenvalue weighted by atomic mass is 16.6. The number of fused-ring (bicyclic) bond motifs is 5. The smallest absolute Gasteiger partial charge is 0.306 e. The number of ether oxygens (including phenoxy) is 2. The maximum Gasteiger partial charge on any atom is 0.306 e. The fourth-order valence-corrected chi connectivity index (χ4v) is 10.3. The number of nitrogens with zero attached hydrogens (tertiary/aromatic N) is 1. The van der Waals surface area contributed by atoms with Gasteiger partial charge in [-0.05, 0) is 123 Å². The predicted molar refractivity (Wildman–Crippen MR) is 167 cm³/mol. The quantitative estimate of drug-likeness (QED) is 0.176. The van der Waals surface area contributed by atoms with Crippen molar-refractivity contribution in [1.82, 2.24) is 5.32 Å². The maximum absolute atomic E-state index is 12.8. The molecule has 5 unspecified atom stereocenters. The molecule has 44 heavy (non-hydrogen) atoms. The molecule has 1 amide bonds. The van der Waals surface area contributed by atoms with E-state index in [0.717, 1.165) is 51.4 Å². The summed E-state index contributed by atoms with van der Waals surface area (Å²) in [5.41, 5.74) is 0.572. The molecule has 0 spiro atoms. The molecule has 5 rings (SSSR count). The predicted octanol–water partition coefficient (Wildman–Crippen LogP) is 6.45. The molecule has 4 aliphatic carbocycles. The van der Waals surface area contributed by atoms with Crippen LogP contribution >= 0.6 is 0 Å². The number of hydrogen-bond donors (Lipinski definition) is 2. The van der Waals surface area contributed by atoms with Crippen molar-refractivity contribution < 1.29 is 30.5 Å². The van der Waals surface area contributed by atoms with Crippen molar-refractivity contribution in [2.75, 3.05) is 13.6 Å².